The Balaban J connectivity index is 1.17. The van der Waals surface area contributed by atoms with Gasteiger partial charge in [0.25, 0.3) is 0 Å². The molecule has 8 nitrogen and oxygen atoms in total. The summed E-state index contributed by atoms with van der Waals surface area (Å²) in [6.07, 6.45) is 0. The molecule has 46 heavy (non-hydrogen) atoms. The Hall–Kier alpha value is -6.02. The number of aromatic carboxylic acids is 1. The van der Waals surface area contributed by atoms with Gasteiger partial charge in [0.15, 0.2) is 11.5 Å². The third-order valence-electron chi connectivity index (χ3n) is 7.91. The molecule has 0 spiro atoms. The summed E-state index contributed by atoms with van der Waals surface area (Å²) in [5.74, 6) is 2.60. The molecule has 0 aliphatic carbocycles. The highest BCUT2D eigenvalue weighted by atomic mass is 16.5. The number of methoxy groups -OCH3 is 1. The maximum absolute atomic E-state index is 11.5. The molecule has 5 aromatic carbocycles. The predicted molar refractivity (Wildman–Crippen MR) is 176 cm³/mol. The number of aromatic nitrogens is 2. The van der Waals surface area contributed by atoms with Crippen molar-refractivity contribution in [3.8, 4) is 34.5 Å². The van der Waals surface area contributed by atoms with E-state index in [1.54, 1.807) is 25.3 Å². The lowest BCUT2D eigenvalue weighted by molar-refractivity contribution is 0.0696. The van der Waals surface area contributed by atoms with Crippen LogP contribution in [0.25, 0.3) is 33.3 Å². The van der Waals surface area contributed by atoms with Crippen LogP contribution in [0.5, 0.6) is 23.0 Å². The Bertz CT molecular complexity index is 2200. The van der Waals surface area contributed by atoms with E-state index in [0.29, 0.717) is 41.2 Å². The number of oxazole rings is 1. The number of hydrogen-bond donors (Lipinski definition) is 1. The number of benzene rings is 5. The molecule has 0 unspecified atom stereocenters. The number of carbonyl (C=O) groups is 1. The molecule has 0 aliphatic rings. The molecule has 7 aromatic rings. The fourth-order valence-corrected chi connectivity index (χ4v) is 5.66. The van der Waals surface area contributed by atoms with E-state index in [1.165, 1.54) is 6.07 Å². The second kappa shape index (κ2) is 12.2. The Morgan fingerprint density at radius 3 is 2.43 bits per heavy atom. The molecule has 0 aliphatic heterocycles. The lowest BCUT2D eigenvalue weighted by Crippen LogP contribution is -2.02. The summed E-state index contributed by atoms with van der Waals surface area (Å²) < 4.78 is 26.3. The van der Waals surface area contributed by atoms with Gasteiger partial charge in [-0.2, -0.15) is 0 Å². The second-order valence-electron chi connectivity index (χ2n) is 10.9. The zero-order valence-electron chi connectivity index (χ0n) is 25.3. The summed E-state index contributed by atoms with van der Waals surface area (Å²) in [5.41, 5.74) is 4.86. The summed E-state index contributed by atoms with van der Waals surface area (Å²) in [5, 5.41) is 11.4. The molecule has 0 amide bonds. The van der Waals surface area contributed by atoms with Gasteiger partial charge in [0.1, 0.15) is 29.6 Å². The van der Waals surface area contributed by atoms with Gasteiger partial charge < -0.3 is 28.3 Å². The first kappa shape index (κ1) is 28.7. The quantitative estimate of drug-likeness (QED) is 0.165. The summed E-state index contributed by atoms with van der Waals surface area (Å²) in [4.78, 5) is 16.2. The van der Waals surface area contributed by atoms with Crippen LogP contribution in [0.3, 0.4) is 0 Å². The Labute approximate surface area is 265 Å². The van der Waals surface area contributed by atoms with Crippen molar-refractivity contribution in [2.24, 2.45) is 0 Å². The lowest BCUT2D eigenvalue weighted by atomic mass is 10.1. The van der Waals surface area contributed by atoms with Crippen LogP contribution in [0.4, 0.5) is 0 Å². The second-order valence-corrected chi connectivity index (χ2v) is 10.9. The molecule has 0 fully saturated rings. The molecule has 0 radical (unpaired) electrons. The zero-order chi connectivity index (χ0) is 31.6. The molecule has 1 N–H and O–H groups in total. The van der Waals surface area contributed by atoms with Crippen LogP contribution in [-0.2, 0) is 13.2 Å². The number of para-hydroxylation sites is 1. The SMILES string of the molecule is COc1cc(Cn2c3ccccc3c3c(Oc4cccc(C(=O)O)c4)cccc32)ccc1OCc1nc(-c2ccccc2)oc1C. The largest absolute Gasteiger partial charge is 0.493 e. The van der Waals surface area contributed by atoms with E-state index in [4.69, 9.17) is 18.6 Å². The molecule has 228 valence electrons. The van der Waals surface area contributed by atoms with Gasteiger partial charge in [-0.25, -0.2) is 9.78 Å². The van der Waals surface area contributed by atoms with Crippen LogP contribution in [0, 0.1) is 6.92 Å². The third kappa shape index (κ3) is 5.52. The highest BCUT2D eigenvalue weighted by molar-refractivity contribution is 6.11. The van der Waals surface area contributed by atoms with Crippen LogP contribution >= 0.6 is 0 Å². The van der Waals surface area contributed by atoms with Gasteiger partial charge in [0.2, 0.25) is 5.89 Å². The van der Waals surface area contributed by atoms with Gasteiger partial charge in [-0.05, 0) is 73.2 Å². The third-order valence-corrected chi connectivity index (χ3v) is 7.91. The molecule has 8 heteroatoms. The molecule has 0 saturated carbocycles. The Morgan fingerprint density at radius 2 is 1.61 bits per heavy atom. The van der Waals surface area contributed by atoms with E-state index in [1.807, 2.05) is 79.7 Å². The van der Waals surface area contributed by atoms with Crippen molar-refractivity contribution in [1.29, 1.82) is 0 Å². The van der Waals surface area contributed by atoms with Crippen LogP contribution < -0.4 is 14.2 Å². The van der Waals surface area contributed by atoms with Crippen molar-refractivity contribution in [1.82, 2.24) is 9.55 Å². The minimum atomic E-state index is -1.00. The van der Waals surface area contributed by atoms with Gasteiger partial charge in [0, 0.05) is 23.0 Å². The fourth-order valence-electron chi connectivity index (χ4n) is 5.66. The van der Waals surface area contributed by atoms with E-state index in [-0.39, 0.29) is 12.2 Å². The smallest absolute Gasteiger partial charge is 0.335 e. The topological polar surface area (TPSA) is 96.0 Å². The molecule has 0 atom stereocenters. The number of carboxylic acids is 1. The monoisotopic (exact) mass is 610 g/mol. The van der Waals surface area contributed by atoms with Crippen LogP contribution in [-0.4, -0.2) is 27.7 Å². The van der Waals surface area contributed by atoms with E-state index in [9.17, 15) is 9.90 Å². The number of carboxylic acid groups (broad SMARTS) is 1. The predicted octanol–water partition coefficient (Wildman–Crippen LogP) is 8.88. The molecule has 7 rings (SSSR count). The minimum Gasteiger partial charge on any atom is -0.493 e. The summed E-state index contributed by atoms with van der Waals surface area (Å²) in [6.45, 7) is 2.69. The fraction of sp³-hybridized carbons (Fsp3) is 0.105. The van der Waals surface area contributed by atoms with Gasteiger partial charge >= 0.3 is 5.97 Å². The van der Waals surface area contributed by atoms with E-state index < -0.39 is 5.97 Å². The Morgan fingerprint density at radius 1 is 0.826 bits per heavy atom. The normalized spacial score (nSPS) is 11.2. The maximum Gasteiger partial charge on any atom is 0.335 e. The molecule has 2 aromatic heterocycles. The number of ether oxygens (including phenoxy) is 3. The molecule has 2 heterocycles. The van der Waals surface area contributed by atoms with Crippen molar-refractivity contribution in [3.63, 3.8) is 0 Å². The molecular formula is C38H30N2O6. The number of hydrogen-bond acceptors (Lipinski definition) is 6. The van der Waals surface area contributed by atoms with Crippen LogP contribution in [0.1, 0.15) is 27.4 Å². The van der Waals surface area contributed by atoms with E-state index in [0.717, 1.165) is 38.6 Å². The van der Waals surface area contributed by atoms with Crippen molar-refractivity contribution in [2.75, 3.05) is 7.11 Å². The molecular weight excluding hydrogens is 580 g/mol. The van der Waals surface area contributed by atoms with Crippen molar-refractivity contribution >= 4 is 27.8 Å². The highest BCUT2D eigenvalue weighted by Crippen LogP contribution is 2.39. The van der Waals surface area contributed by atoms with Gasteiger partial charge in [-0.1, -0.05) is 54.6 Å². The first-order valence-electron chi connectivity index (χ1n) is 14.8. The average molecular weight is 611 g/mol. The summed E-state index contributed by atoms with van der Waals surface area (Å²) in [6, 6.07) is 36.3. The van der Waals surface area contributed by atoms with Crippen LogP contribution in [0.2, 0.25) is 0 Å². The zero-order valence-corrected chi connectivity index (χ0v) is 25.3. The summed E-state index contributed by atoms with van der Waals surface area (Å²) in [7, 11) is 1.63. The lowest BCUT2D eigenvalue weighted by Gasteiger charge is -2.13. The van der Waals surface area contributed by atoms with Crippen molar-refractivity contribution < 1.29 is 28.5 Å². The average Bonchev–Trinajstić information content (AvgIpc) is 3.62. The highest BCUT2D eigenvalue weighted by Gasteiger charge is 2.18. The van der Waals surface area contributed by atoms with Crippen LogP contribution in [0.15, 0.2) is 120 Å². The van der Waals surface area contributed by atoms with E-state index >= 15 is 0 Å². The van der Waals surface area contributed by atoms with Gasteiger partial charge in [-0.15, -0.1) is 0 Å². The van der Waals surface area contributed by atoms with Crippen molar-refractivity contribution in [3.05, 3.63) is 138 Å². The molecule has 0 bridgehead atoms. The van der Waals surface area contributed by atoms with E-state index in [2.05, 4.69) is 27.8 Å². The first-order chi connectivity index (χ1) is 22.5. The number of nitrogens with zero attached hydrogens (tertiary/aromatic N) is 2. The number of aryl methyl sites for hydroxylation is 1. The maximum atomic E-state index is 11.5. The minimum absolute atomic E-state index is 0.168. The Kier molecular flexibility index (Phi) is 7.60. The van der Waals surface area contributed by atoms with Crippen molar-refractivity contribution in [2.45, 2.75) is 20.1 Å². The van der Waals surface area contributed by atoms with Gasteiger partial charge in [0.05, 0.1) is 23.6 Å². The number of fused-ring (bicyclic) bond motifs is 3. The summed E-state index contributed by atoms with van der Waals surface area (Å²) >= 11 is 0. The van der Waals surface area contributed by atoms with Gasteiger partial charge in [-0.3, -0.25) is 0 Å². The molecule has 0 saturated heterocycles. The number of rotatable bonds is 10. The standard InChI is InChI=1S/C38H30N2O6/c1-24-30(39-37(45-24)26-10-4-3-5-11-26)23-44-33-19-18-25(20-35(33)43-2)22-40-31-15-7-6-14-29(31)36-32(40)16-9-17-34(36)46-28-13-8-12-27(21-28)38(41)42/h3-21H,22-23H2,1-2H3,(H,41,42). The first-order valence-corrected chi connectivity index (χ1v) is 14.8.